The van der Waals surface area contributed by atoms with Crippen LogP contribution in [0, 0.1) is 0 Å². The Labute approximate surface area is 105 Å². The van der Waals surface area contributed by atoms with Gasteiger partial charge in [-0.15, -0.1) is 0 Å². The highest BCUT2D eigenvalue weighted by atomic mass is 16.5. The van der Waals surface area contributed by atoms with Crippen molar-refractivity contribution < 1.29 is 19.0 Å². The Morgan fingerprint density at radius 2 is 2.50 bits per heavy atom. The summed E-state index contributed by atoms with van der Waals surface area (Å²) < 4.78 is 15.5. The zero-order valence-electron chi connectivity index (χ0n) is 10.2. The van der Waals surface area contributed by atoms with E-state index in [1.54, 1.807) is 0 Å². The smallest absolute Gasteiger partial charge is 0.340 e. The van der Waals surface area contributed by atoms with Crippen LogP contribution in [0.1, 0.15) is 23.2 Å². The average molecular weight is 252 g/mol. The molecular formula is C12H16N2O4. The Hall–Kier alpha value is -1.82. The number of nitrogens with two attached hydrogens (primary N) is 1. The van der Waals surface area contributed by atoms with Gasteiger partial charge in [-0.1, -0.05) is 0 Å². The number of hydrogen-bond donors (Lipinski definition) is 1. The maximum absolute atomic E-state index is 11.4. The second-order valence-electron chi connectivity index (χ2n) is 4.05. The molecule has 1 aromatic rings. The van der Waals surface area contributed by atoms with E-state index in [4.69, 9.17) is 15.2 Å². The van der Waals surface area contributed by atoms with E-state index in [0.717, 1.165) is 19.4 Å². The van der Waals surface area contributed by atoms with Gasteiger partial charge in [-0.05, 0) is 12.8 Å². The summed E-state index contributed by atoms with van der Waals surface area (Å²) in [6, 6.07) is 1.48. The molecule has 2 N–H and O–H groups in total. The van der Waals surface area contributed by atoms with E-state index < -0.39 is 5.97 Å². The van der Waals surface area contributed by atoms with Crippen molar-refractivity contribution in [3.05, 3.63) is 17.8 Å². The van der Waals surface area contributed by atoms with Gasteiger partial charge in [0.25, 0.3) is 0 Å². The summed E-state index contributed by atoms with van der Waals surface area (Å²) in [5.41, 5.74) is 6.17. The van der Waals surface area contributed by atoms with Gasteiger partial charge in [0.15, 0.2) is 0 Å². The number of nitrogens with zero attached hydrogens (tertiary/aromatic N) is 1. The van der Waals surface area contributed by atoms with Crippen molar-refractivity contribution in [2.24, 2.45) is 0 Å². The number of hydrogen-bond acceptors (Lipinski definition) is 6. The standard InChI is InChI=1S/C12H16N2O4/c1-16-12(15)9-5-11(14-6-10(9)13)18-7-8-3-2-4-17-8/h5-6,8H,2-4,7,13H2,1H3. The minimum Gasteiger partial charge on any atom is -0.475 e. The number of methoxy groups -OCH3 is 1. The Morgan fingerprint density at radius 1 is 1.67 bits per heavy atom. The molecule has 1 aromatic heterocycles. The molecule has 0 amide bonds. The molecule has 1 atom stereocenters. The highest BCUT2D eigenvalue weighted by molar-refractivity contribution is 5.95. The lowest BCUT2D eigenvalue weighted by Crippen LogP contribution is -2.17. The number of esters is 1. The Bertz CT molecular complexity index is 430. The van der Waals surface area contributed by atoms with Gasteiger partial charge in [-0.25, -0.2) is 9.78 Å². The van der Waals surface area contributed by atoms with Crippen molar-refractivity contribution in [1.82, 2.24) is 4.98 Å². The topological polar surface area (TPSA) is 83.7 Å². The van der Waals surface area contributed by atoms with E-state index in [2.05, 4.69) is 9.72 Å². The van der Waals surface area contributed by atoms with Crippen LogP contribution in [0.15, 0.2) is 12.3 Å². The fourth-order valence-corrected chi connectivity index (χ4v) is 1.77. The molecule has 2 rings (SSSR count). The normalized spacial score (nSPS) is 18.6. The van der Waals surface area contributed by atoms with Crippen LogP contribution in [0.5, 0.6) is 5.88 Å². The zero-order chi connectivity index (χ0) is 13.0. The Balaban J connectivity index is 2.02. The largest absolute Gasteiger partial charge is 0.475 e. The van der Waals surface area contributed by atoms with E-state index in [1.165, 1.54) is 19.4 Å². The van der Waals surface area contributed by atoms with Crippen molar-refractivity contribution >= 4 is 11.7 Å². The Kier molecular flexibility index (Phi) is 3.99. The first kappa shape index (κ1) is 12.6. The second kappa shape index (κ2) is 5.68. The van der Waals surface area contributed by atoms with Gasteiger partial charge in [0, 0.05) is 12.7 Å². The molecule has 1 fully saturated rings. The monoisotopic (exact) mass is 252 g/mol. The van der Waals surface area contributed by atoms with Gasteiger partial charge in [0.2, 0.25) is 5.88 Å². The van der Waals surface area contributed by atoms with Crippen LogP contribution in [0.4, 0.5) is 5.69 Å². The number of pyridine rings is 1. The summed E-state index contributed by atoms with van der Waals surface area (Å²) in [5, 5.41) is 0. The molecule has 0 bridgehead atoms. The molecule has 1 saturated heterocycles. The van der Waals surface area contributed by atoms with E-state index in [9.17, 15) is 4.79 Å². The lowest BCUT2D eigenvalue weighted by molar-refractivity contribution is 0.0597. The number of anilines is 1. The van der Waals surface area contributed by atoms with Crippen LogP contribution in [0.3, 0.4) is 0 Å². The highest BCUT2D eigenvalue weighted by Gasteiger charge is 2.17. The van der Waals surface area contributed by atoms with Crippen LogP contribution < -0.4 is 10.5 Å². The van der Waals surface area contributed by atoms with Crippen LogP contribution in [-0.2, 0) is 9.47 Å². The fraction of sp³-hybridized carbons (Fsp3) is 0.500. The van der Waals surface area contributed by atoms with Gasteiger partial charge in [0.1, 0.15) is 6.61 Å². The summed E-state index contributed by atoms with van der Waals surface area (Å²) >= 11 is 0. The third-order valence-electron chi connectivity index (χ3n) is 2.76. The van der Waals surface area contributed by atoms with Crippen LogP contribution in [0.2, 0.25) is 0 Å². The molecular weight excluding hydrogens is 236 g/mol. The Morgan fingerprint density at radius 3 is 3.17 bits per heavy atom. The van der Waals surface area contributed by atoms with Crippen molar-refractivity contribution in [3.8, 4) is 5.88 Å². The van der Waals surface area contributed by atoms with E-state index >= 15 is 0 Å². The SMILES string of the molecule is COC(=O)c1cc(OCC2CCCO2)ncc1N. The number of ether oxygens (including phenoxy) is 3. The molecule has 6 heteroatoms. The molecule has 2 heterocycles. The number of carbonyl (C=O) groups excluding carboxylic acids is 1. The highest BCUT2D eigenvalue weighted by Crippen LogP contribution is 2.19. The van der Waals surface area contributed by atoms with Crippen LogP contribution >= 0.6 is 0 Å². The van der Waals surface area contributed by atoms with E-state index in [0.29, 0.717) is 12.5 Å². The summed E-state index contributed by atoms with van der Waals surface area (Å²) in [6.07, 6.45) is 3.53. The molecule has 1 aliphatic rings. The number of rotatable bonds is 4. The van der Waals surface area contributed by atoms with Gasteiger partial charge >= 0.3 is 5.97 Å². The maximum Gasteiger partial charge on any atom is 0.340 e. The van der Waals surface area contributed by atoms with Crippen molar-refractivity contribution in [1.29, 1.82) is 0 Å². The summed E-state index contributed by atoms with van der Waals surface area (Å²) in [4.78, 5) is 15.4. The third kappa shape index (κ3) is 2.89. The minimum atomic E-state index is -0.503. The first-order valence-corrected chi connectivity index (χ1v) is 5.79. The van der Waals surface area contributed by atoms with Crippen LogP contribution in [-0.4, -0.2) is 37.4 Å². The molecule has 0 aromatic carbocycles. The van der Waals surface area contributed by atoms with Gasteiger partial charge < -0.3 is 19.9 Å². The first-order valence-electron chi connectivity index (χ1n) is 5.79. The van der Waals surface area contributed by atoms with Crippen molar-refractivity contribution in [2.75, 3.05) is 26.1 Å². The number of aromatic nitrogens is 1. The minimum absolute atomic E-state index is 0.103. The van der Waals surface area contributed by atoms with Gasteiger partial charge in [-0.3, -0.25) is 0 Å². The lowest BCUT2D eigenvalue weighted by atomic mass is 10.2. The summed E-state index contributed by atoms with van der Waals surface area (Å²) in [7, 11) is 1.30. The van der Waals surface area contributed by atoms with Crippen LogP contribution in [0.25, 0.3) is 0 Å². The molecule has 0 spiro atoms. The second-order valence-corrected chi connectivity index (χ2v) is 4.05. The van der Waals surface area contributed by atoms with E-state index in [-0.39, 0.29) is 17.4 Å². The molecule has 1 aliphatic heterocycles. The molecule has 0 radical (unpaired) electrons. The quantitative estimate of drug-likeness (QED) is 0.805. The van der Waals surface area contributed by atoms with Gasteiger partial charge in [0.05, 0.1) is 30.7 Å². The summed E-state index contributed by atoms with van der Waals surface area (Å²) in [6.45, 7) is 1.20. The first-order chi connectivity index (χ1) is 8.70. The molecule has 0 saturated carbocycles. The third-order valence-corrected chi connectivity index (χ3v) is 2.76. The molecule has 98 valence electrons. The number of carbonyl (C=O) groups is 1. The van der Waals surface area contributed by atoms with Gasteiger partial charge in [-0.2, -0.15) is 0 Å². The zero-order valence-corrected chi connectivity index (χ0v) is 10.2. The van der Waals surface area contributed by atoms with Crippen molar-refractivity contribution in [3.63, 3.8) is 0 Å². The molecule has 18 heavy (non-hydrogen) atoms. The predicted molar refractivity (Wildman–Crippen MR) is 64.5 cm³/mol. The predicted octanol–water partition coefficient (Wildman–Crippen LogP) is 1.01. The lowest BCUT2D eigenvalue weighted by Gasteiger charge is -2.11. The van der Waals surface area contributed by atoms with E-state index in [1.807, 2.05) is 0 Å². The average Bonchev–Trinajstić information content (AvgIpc) is 2.90. The maximum atomic E-state index is 11.4. The number of nitrogen functional groups attached to an aromatic ring is 1. The molecule has 6 nitrogen and oxygen atoms in total. The molecule has 0 aliphatic carbocycles. The molecule has 1 unspecified atom stereocenters. The van der Waals surface area contributed by atoms with Crippen molar-refractivity contribution in [2.45, 2.75) is 18.9 Å². The fourth-order valence-electron chi connectivity index (χ4n) is 1.77. The summed E-state index contributed by atoms with van der Waals surface area (Å²) in [5.74, 6) is -0.156.